The van der Waals surface area contributed by atoms with Crippen molar-refractivity contribution in [3.63, 3.8) is 0 Å². The van der Waals surface area contributed by atoms with Gasteiger partial charge in [0.25, 0.3) is 0 Å². The number of hydrogen-bond donors (Lipinski definition) is 1. The van der Waals surface area contributed by atoms with Crippen LogP contribution in [0.3, 0.4) is 0 Å². The van der Waals surface area contributed by atoms with E-state index >= 15 is 0 Å². The van der Waals surface area contributed by atoms with E-state index in [0.717, 1.165) is 17.8 Å². The summed E-state index contributed by atoms with van der Waals surface area (Å²) >= 11 is 0. The van der Waals surface area contributed by atoms with E-state index in [1.165, 1.54) is 5.52 Å². The molecule has 0 aliphatic rings. The van der Waals surface area contributed by atoms with Crippen molar-refractivity contribution in [3.05, 3.63) is 30.1 Å². The first-order chi connectivity index (χ1) is 7.95. The first-order valence-corrected chi connectivity index (χ1v) is 6.18. The van der Waals surface area contributed by atoms with Gasteiger partial charge in [0.1, 0.15) is 5.82 Å². The summed E-state index contributed by atoms with van der Waals surface area (Å²) in [7, 11) is 0. The van der Waals surface area contributed by atoms with E-state index in [2.05, 4.69) is 43.3 Å². The lowest BCUT2D eigenvalue weighted by Gasteiger charge is -2.26. The number of nitrogens with two attached hydrogens (primary N) is 1. The van der Waals surface area contributed by atoms with Gasteiger partial charge in [0.05, 0.1) is 17.1 Å². The van der Waals surface area contributed by atoms with Gasteiger partial charge < -0.3 is 10.3 Å². The average molecular weight is 231 g/mol. The number of para-hydroxylation sites is 2. The summed E-state index contributed by atoms with van der Waals surface area (Å²) in [4.78, 5) is 4.69. The third-order valence-electron chi connectivity index (χ3n) is 3.03. The van der Waals surface area contributed by atoms with Gasteiger partial charge in [-0.05, 0) is 39.3 Å². The van der Waals surface area contributed by atoms with Crippen molar-refractivity contribution in [3.8, 4) is 0 Å². The van der Waals surface area contributed by atoms with Crippen molar-refractivity contribution >= 4 is 11.0 Å². The molecule has 0 aliphatic carbocycles. The molecule has 0 fully saturated rings. The van der Waals surface area contributed by atoms with Gasteiger partial charge in [-0.25, -0.2) is 4.98 Å². The van der Waals surface area contributed by atoms with Crippen molar-refractivity contribution in [2.75, 3.05) is 0 Å². The molecule has 3 heteroatoms. The Morgan fingerprint density at radius 2 is 1.94 bits per heavy atom. The molecule has 0 saturated heterocycles. The highest BCUT2D eigenvalue weighted by Gasteiger charge is 2.23. The Kier molecular flexibility index (Phi) is 2.96. The molecule has 0 amide bonds. The minimum absolute atomic E-state index is 0.00150. The fraction of sp³-hybridized carbons (Fsp3) is 0.500. The maximum absolute atomic E-state index is 6.17. The zero-order chi connectivity index (χ0) is 12.6. The monoisotopic (exact) mass is 231 g/mol. The number of imidazole rings is 1. The molecule has 1 aromatic carbocycles. The van der Waals surface area contributed by atoms with Gasteiger partial charge in [0.15, 0.2) is 0 Å². The molecule has 2 N–H and O–H groups in total. The first kappa shape index (κ1) is 12.1. The van der Waals surface area contributed by atoms with Crippen LogP contribution in [-0.4, -0.2) is 9.55 Å². The predicted molar refractivity (Wildman–Crippen MR) is 71.9 cm³/mol. The molecule has 17 heavy (non-hydrogen) atoms. The molecule has 0 radical (unpaired) electrons. The number of aromatic nitrogens is 2. The van der Waals surface area contributed by atoms with Crippen LogP contribution in [0.15, 0.2) is 24.3 Å². The van der Waals surface area contributed by atoms with E-state index < -0.39 is 0 Å². The van der Waals surface area contributed by atoms with Crippen molar-refractivity contribution in [1.82, 2.24) is 9.55 Å². The Balaban J connectivity index is 2.74. The highest BCUT2D eigenvalue weighted by Crippen LogP contribution is 2.28. The Morgan fingerprint density at radius 1 is 1.29 bits per heavy atom. The Bertz CT molecular complexity index is 520. The third-order valence-corrected chi connectivity index (χ3v) is 3.03. The minimum atomic E-state index is -0.00176. The van der Waals surface area contributed by atoms with Crippen LogP contribution in [0.4, 0.5) is 0 Å². The SMILES string of the molecule is CCC(N)c1nc2ccccc2n1C(C)(C)C. The second-order valence-corrected chi connectivity index (χ2v) is 5.48. The molecule has 0 aliphatic heterocycles. The van der Waals surface area contributed by atoms with Crippen LogP contribution in [0.2, 0.25) is 0 Å². The highest BCUT2D eigenvalue weighted by molar-refractivity contribution is 5.76. The lowest BCUT2D eigenvalue weighted by molar-refractivity contribution is 0.382. The zero-order valence-corrected chi connectivity index (χ0v) is 11.1. The largest absolute Gasteiger partial charge is 0.321 e. The van der Waals surface area contributed by atoms with Crippen molar-refractivity contribution < 1.29 is 0 Å². The van der Waals surface area contributed by atoms with Gasteiger partial charge in [0, 0.05) is 5.54 Å². The summed E-state index contributed by atoms with van der Waals surface area (Å²) in [6, 6.07) is 8.22. The van der Waals surface area contributed by atoms with Crippen LogP contribution >= 0.6 is 0 Å². The summed E-state index contributed by atoms with van der Waals surface area (Å²) in [6.45, 7) is 8.66. The van der Waals surface area contributed by atoms with E-state index in [1.807, 2.05) is 18.2 Å². The number of hydrogen-bond acceptors (Lipinski definition) is 2. The van der Waals surface area contributed by atoms with Gasteiger partial charge in [-0.15, -0.1) is 0 Å². The lowest BCUT2D eigenvalue weighted by Crippen LogP contribution is -2.27. The van der Waals surface area contributed by atoms with Gasteiger partial charge >= 0.3 is 0 Å². The molecular formula is C14H21N3. The molecule has 2 rings (SSSR count). The molecule has 0 bridgehead atoms. The van der Waals surface area contributed by atoms with Crippen LogP contribution in [0.1, 0.15) is 46.0 Å². The molecule has 1 heterocycles. The van der Waals surface area contributed by atoms with Crippen LogP contribution in [0, 0.1) is 0 Å². The van der Waals surface area contributed by atoms with E-state index in [4.69, 9.17) is 5.73 Å². The predicted octanol–water partition coefficient (Wildman–Crippen LogP) is 3.20. The van der Waals surface area contributed by atoms with Gasteiger partial charge in [-0.3, -0.25) is 0 Å². The number of benzene rings is 1. The zero-order valence-electron chi connectivity index (χ0n) is 11.1. The maximum atomic E-state index is 6.17. The quantitative estimate of drug-likeness (QED) is 0.862. The molecule has 0 spiro atoms. The number of fused-ring (bicyclic) bond motifs is 1. The normalized spacial score (nSPS) is 14.2. The van der Waals surface area contributed by atoms with Crippen molar-refractivity contribution in [2.24, 2.45) is 5.73 Å². The summed E-state index contributed by atoms with van der Waals surface area (Å²) in [5.74, 6) is 0.987. The second-order valence-electron chi connectivity index (χ2n) is 5.48. The van der Waals surface area contributed by atoms with Gasteiger partial charge in [0.2, 0.25) is 0 Å². The molecular weight excluding hydrogens is 210 g/mol. The first-order valence-electron chi connectivity index (χ1n) is 6.18. The molecule has 1 unspecified atom stereocenters. The van der Waals surface area contributed by atoms with E-state index in [9.17, 15) is 0 Å². The smallest absolute Gasteiger partial charge is 0.127 e. The fourth-order valence-electron chi connectivity index (χ4n) is 2.18. The molecule has 1 aromatic heterocycles. The van der Waals surface area contributed by atoms with E-state index in [1.54, 1.807) is 0 Å². The van der Waals surface area contributed by atoms with Crippen LogP contribution in [0.5, 0.6) is 0 Å². The summed E-state index contributed by atoms with van der Waals surface area (Å²) in [6.07, 6.45) is 0.902. The van der Waals surface area contributed by atoms with Gasteiger partial charge in [-0.2, -0.15) is 0 Å². The standard InChI is InChI=1S/C14H21N3/c1-5-10(15)13-16-11-8-6-7-9-12(11)17(13)14(2,3)4/h6-10H,5,15H2,1-4H3. The fourth-order valence-corrected chi connectivity index (χ4v) is 2.18. The number of rotatable bonds is 2. The van der Waals surface area contributed by atoms with Crippen molar-refractivity contribution in [1.29, 1.82) is 0 Å². The van der Waals surface area contributed by atoms with Crippen LogP contribution in [-0.2, 0) is 5.54 Å². The summed E-state index contributed by atoms with van der Waals surface area (Å²) < 4.78 is 2.26. The average Bonchev–Trinajstić information content (AvgIpc) is 2.66. The molecule has 92 valence electrons. The van der Waals surface area contributed by atoms with Crippen LogP contribution in [0.25, 0.3) is 11.0 Å². The third kappa shape index (κ3) is 2.07. The minimum Gasteiger partial charge on any atom is -0.321 e. The maximum Gasteiger partial charge on any atom is 0.127 e. The molecule has 1 atom stereocenters. The number of nitrogens with zero attached hydrogens (tertiary/aromatic N) is 2. The van der Waals surface area contributed by atoms with E-state index in [0.29, 0.717) is 0 Å². The summed E-state index contributed by atoms with van der Waals surface area (Å²) in [5.41, 5.74) is 8.37. The lowest BCUT2D eigenvalue weighted by atomic mass is 10.1. The van der Waals surface area contributed by atoms with Gasteiger partial charge in [-0.1, -0.05) is 19.1 Å². The van der Waals surface area contributed by atoms with Crippen LogP contribution < -0.4 is 5.73 Å². The summed E-state index contributed by atoms with van der Waals surface area (Å²) in [5, 5.41) is 0. The Hall–Kier alpha value is -1.35. The topological polar surface area (TPSA) is 43.8 Å². The highest BCUT2D eigenvalue weighted by atomic mass is 15.1. The van der Waals surface area contributed by atoms with E-state index in [-0.39, 0.29) is 11.6 Å². The molecule has 0 saturated carbocycles. The van der Waals surface area contributed by atoms with Crippen molar-refractivity contribution in [2.45, 2.75) is 45.7 Å². The Labute approximate surface area is 103 Å². The molecule has 3 nitrogen and oxygen atoms in total. The Morgan fingerprint density at radius 3 is 2.53 bits per heavy atom. The molecule has 2 aromatic rings. The second kappa shape index (κ2) is 4.15.